The molecule has 6 nitrogen and oxygen atoms in total. The Morgan fingerprint density at radius 3 is 2.48 bits per heavy atom. The molecule has 1 aliphatic rings. The second-order valence-corrected chi connectivity index (χ2v) is 8.01. The van der Waals surface area contributed by atoms with Crippen LogP contribution >= 0.6 is 0 Å². The second-order valence-electron chi connectivity index (χ2n) is 8.01. The molecular weight excluding hydrogens is 392 g/mol. The van der Waals surface area contributed by atoms with E-state index in [4.69, 9.17) is 9.15 Å². The molecule has 1 fully saturated rings. The van der Waals surface area contributed by atoms with Gasteiger partial charge in [0, 0.05) is 31.3 Å². The third-order valence-electron chi connectivity index (χ3n) is 6.01. The summed E-state index contributed by atoms with van der Waals surface area (Å²) in [7, 11) is 1.64. The summed E-state index contributed by atoms with van der Waals surface area (Å²) in [5.74, 6) is -0.132. The first-order valence-electron chi connectivity index (χ1n) is 10.8. The van der Waals surface area contributed by atoms with E-state index < -0.39 is 5.54 Å². The molecule has 0 atom stereocenters. The Balaban J connectivity index is 1.67. The molecule has 1 aromatic heterocycles. The van der Waals surface area contributed by atoms with E-state index in [1.165, 1.54) is 0 Å². The van der Waals surface area contributed by atoms with Crippen LogP contribution in [0.25, 0.3) is 11.0 Å². The van der Waals surface area contributed by atoms with E-state index in [1.807, 2.05) is 54.6 Å². The Morgan fingerprint density at radius 2 is 1.77 bits per heavy atom. The average Bonchev–Trinajstić information content (AvgIpc) is 3.45. The number of nitrogens with one attached hydrogen (secondary N) is 1. The minimum Gasteiger partial charge on any atom is -0.451 e. The maximum Gasteiger partial charge on any atom is 0.290 e. The lowest BCUT2D eigenvalue weighted by molar-refractivity contribution is -0.126. The first-order valence-corrected chi connectivity index (χ1v) is 10.8. The number of para-hydroxylation sites is 2. The minimum atomic E-state index is -0.903. The molecular formula is C25H28N2O4. The van der Waals surface area contributed by atoms with Gasteiger partial charge in [0.1, 0.15) is 11.1 Å². The summed E-state index contributed by atoms with van der Waals surface area (Å²) in [6.07, 6.45) is 3.70. The number of methoxy groups -OCH3 is 1. The standard InChI is InChI=1S/C25H28N2O4/c1-30-17-9-16-27(23(28)22-18-19-10-5-6-13-21(19)31-22)25(14-7-8-15-25)24(29)26-20-11-3-2-4-12-20/h2-6,10-13,18H,7-9,14-17H2,1H3,(H,26,29). The number of benzene rings is 2. The van der Waals surface area contributed by atoms with Gasteiger partial charge in [-0.3, -0.25) is 9.59 Å². The first kappa shape index (κ1) is 21.1. The number of carbonyl (C=O) groups is 2. The van der Waals surface area contributed by atoms with E-state index in [-0.39, 0.29) is 17.6 Å². The zero-order valence-electron chi connectivity index (χ0n) is 17.8. The summed E-state index contributed by atoms with van der Waals surface area (Å²) >= 11 is 0. The number of ether oxygens (including phenoxy) is 1. The number of carbonyl (C=O) groups excluding carboxylic acids is 2. The fourth-order valence-corrected chi connectivity index (χ4v) is 4.45. The minimum absolute atomic E-state index is 0.141. The van der Waals surface area contributed by atoms with Gasteiger partial charge >= 0.3 is 0 Å². The van der Waals surface area contributed by atoms with Crippen molar-refractivity contribution in [3.05, 3.63) is 66.4 Å². The van der Waals surface area contributed by atoms with Crippen molar-refractivity contribution in [2.75, 3.05) is 25.6 Å². The van der Waals surface area contributed by atoms with Crippen LogP contribution in [0.1, 0.15) is 42.7 Å². The van der Waals surface area contributed by atoms with Gasteiger partial charge in [0.05, 0.1) is 0 Å². The normalized spacial score (nSPS) is 15.1. The summed E-state index contributed by atoms with van der Waals surface area (Å²) in [5, 5.41) is 3.91. The number of nitrogens with zero attached hydrogens (tertiary/aromatic N) is 1. The summed E-state index contributed by atoms with van der Waals surface area (Å²) in [6.45, 7) is 0.937. The van der Waals surface area contributed by atoms with Crippen molar-refractivity contribution in [2.24, 2.45) is 0 Å². The molecule has 1 saturated carbocycles. The Kier molecular flexibility index (Phi) is 6.37. The van der Waals surface area contributed by atoms with Gasteiger partial charge in [-0.15, -0.1) is 0 Å². The summed E-state index contributed by atoms with van der Waals surface area (Å²) in [5.41, 5.74) is 0.489. The zero-order valence-corrected chi connectivity index (χ0v) is 17.8. The quantitative estimate of drug-likeness (QED) is 0.528. The van der Waals surface area contributed by atoms with Crippen LogP contribution in [0.5, 0.6) is 0 Å². The lowest BCUT2D eigenvalue weighted by atomic mass is 9.92. The largest absolute Gasteiger partial charge is 0.451 e. The third kappa shape index (κ3) is 4.35. The van der Waals surface area contributed by atoms with Crippen molar-refractivity contribution in [3.8, 4) is 0 Å². The van der Waals surface area contributed by atoms with Gasteiger partial charge in [0.2, 0.25) is 5.91 Å². The molecule has 0 saturated heterocycles. The molecule has 0 bridgehead atoms. The molecule has 1 aliphatic carbocycles. The van der Waals surface area contributed by atoms with Gasteiger partial charge in [-0.05, 0) is 43.5 Å². The summed E-state index contributed by atoms with van der Waals surface area (Å²) in [4.78, 5) is 28.9. The summed E-state index contributed by atoms with van der Waals surface area (Å²) < 4.78 is 11.1. The highest BCUT2D eigenvalue weighted by molar-refractivity contribution is 6.04. The predicted molar refractivity (Wildman–Crippen MR) is 120 cm³/mol. The second kappa shape index (κ2) is 9.35. The first-order chi connectivity index (χ1) is 15.1. The SMILES string of the molecule is COCCCN(C(=O)c1cc2ccccc2o1)C1(C(=O)Nc2ccccc2)CCCC1. The average molecular weight is 421 g/mol. The molecule has 0 unspecified atom stereocenters. The van der Waals surface area contributed by atoms with Crippen molar-refractivity contribution < 1.29 is 18.7 Å². The number of hydrogen-bond acceptors (Lipinski definition) is 4. The van der Waals surface area contributed by atoms with E-state index in [0.29, 0.717) is 38.0 Å². The van der Waals surface area contributed by atoms with Crippen LogP contribution in [-0.4, -0.2) is 42.5 Å². The van der Waals surface area contributed by atoms with Gasteiger partial charge in [0.15, 0.2) is 5.76 Å². The maximum atomic E-state index is 13.7. The smallest absolute Gasteiger partial charge is 0.290 e. The van der Waals surface area contributed by atoms with Crippen molar-refractivity contribution >= 4 is 28.5 Å². The van der Waals surface area contributed by atoms with E-state index >= 15 is 0 Å². The molecule has 3 aromatic rings. The predicted octanol–water partition coefficient (Wildman–Crippen LogP) is 4.86. The Hall–Kier alpha value is -3.12. The highest BCUT2D eigenvalue weighted by atomic mass is 16.5. The molecule has 0 radical (unpaired) electrons. The van der Waals surface area contributed by atoms with Crippen molar-refractivity contribution in [1.29, 1.82) is 0 Å². The molecule has 1 heterocycles. The monoisotopic (exact) mass is 420 g/mol. The summed E-state index contributed by atoms with van der Waals surface area (Å²) in [6, 6.07) is 18.7. The Bertz CT molecular complexity index is 1000. The number of furan rings is 1. The molecule has 0 spiro atoms. The van der Waals surface area contributed by atoms with Gasteiger partial charge in [-0.25, -0.2) is 0 Å². The van der Waals surface area contributed by atoms with Crippen LogP contribution in [0.15, 0.2) is 65.1 Å². The Labute approximate surface area is 182 Å². The van der Waals surface area contributed by atoms with E-state index in [0.717, 1.165) is 23.9 Å². The van der Waals surface area contributed by atoms with E-state index in [9.17, 15) is 9.59 Å². The molecule has 31 heavy (non-hydrogen) atoms. The number of hydrogen-bond donors (Lipinski definition) is 1. The van der Waals surface area contributed by atoms with Gasteiger partial charge in [-0.2, -0.15) is 0 Å². The lowest BCUT2D eigenvalue weighted by Crippen LogP contribution is -2.58. The van der Waals surface area contributed by atoms with E-state index in [2.05, 4.69) is 5.32 Å². The van der Waals surface area contributed by atoms with Crippen molar-refractivity contribution in [2.45, 2.75) is 37.6 Å². The maximum absolute atomic E-state index is 13.7. The van der Waals surface area contributed by atoms with Crippen LogP contribution in [0.4, 0.5) is 5.69 Å². The highest BCUT2D eigenvalue weighted by Gasteiger charge is 2.48. The van der Waals surface area contributed by atoms with Crippen molar-refractivity contribution in [3.63, 3.8) is 0 Å². The van der Waals surface area contributed by atoms with Crippen LogP contribution in [0.2, 0.25) is 0 Å². The van der Waals surface area contributed by atoms with Gasteiger partial charge in [0.25, 0.3) is 5.91 Å². The highest BCUT2D eigenvalue weighted by Crippen LogP contribution is 2.38. The number of amides is 2. The van der Waals surface area contributed by atoms with Crippen LogP contribution in [0.3, 0.4) is 0 Å². The topological polar surface area (TPSA) is 71.8 Å². The fourth-order valence-electron chi connectivity index (χ4n) is 4.45. The number of rotatable bonds is 8. The van der Waals surface area contributed by atoms with Crippen LogP contribution < -0.4 is 5.32 Å². The zero-order chi connectivity index (χ0) is 21.7. The van der Waals surface area contributed by atoms with Crippen LogP contribution in [0, 0.1) is 0 Å². The molecule has 1 N–H and O–H groups in total. The third-order valence-corrected chi connectivity index (χ3v) is 6.01. The van der Waals surface area contributed by atoms with E-state index in [1.54, 1.807) is 18.1 Å². The molecule has 4 rings (SSSR count). The fraction of sp³-hybridized carbons (Fsp3) is 0.360. The molecule has 0 aliphatic heterocycles. The lowest BCUT2D eigenvalue weighted by Gasteiger charge is -2.39. The molecule has 162 valence electrons. The van der Waals surface area contributed by atoms with Crippen molar-refractivity contribution in [1.82, 2.24) is 4.90 Å². The Morgan fingerprint density at radius 1 is 1.06 bits per heavy atom. The van der Waals surface area contributed by atoms with Gasteiger partial charge < -0.3 is 19.4 Å². The number of fused-ring (bicyclic) bond motifs is 1. The van der Waals surface area contributed by atoms with Crippen LogP contribution in [-0.2, 0) is 9.53 Å². The molecule has 2 amide bonds. The molecule has 2 aromatic carbocycles. The number of anilines is 1. The van der Waals surface area contributed by atoms with Gasteiger partial charge in [-0.1, -0.05) is 49.2 Å². The molecule has 6 heteroatoms.